The topological polar surface area (TPSA) is 26.3 Å². The van der Waals surface area contributed by atoms with Gasteiger partial charge in [0.25, 0.3) is 0 Å². The minimum absolute atomic E-state index is 0.167. The molecule has 0 heterocycles. The Bertz CT molecular complexity index is 334. The number of halogens is 1. The first-order valence-corrected chi connectivity index (χ1v) is 5.18. The second-order valence-corrected chi connectivity index (χ2v) is 4.14. The van der Waals surface area contributed by atoms with Gasteiger partial charge in [-0.25, -0.2) is 0 Å². The van der Waals surface area contributed by atoms with Gasteiger partial charge in [0, 0.05) is 18.0 Å². The monoisotopic (exact) mass is 256 g/mol. The molecule has 0 aliphatic heterocycles. The molecular weight excluding hydrogens is 244 g/mol. The van der Waals surface area contributed by atoms with Crippen LogP contribution in [-0.2, 0) is 22.6 Å². The van der Waals surface area contributed by atoms with Gasteiger partial charge in [-0.3, -0.25) is 4.79 Å². The number of ether oxygens (including phenoxy) is 1. The molecule has 0 aromatic heterocycles. The number of rotatable bonds is 4. The molecule has 1 aromatic carbocycles. The van der Waals surface area contributed by atoms with E-state index in [4.69, 9.17) is 4.74 Å². The fourth-order valence-corrected chi connectivity index (χ4v) is 1.73. The molecule has 0 spiro atoms. The molecule has 0 radical (unpaired) electrons. The van der Waals surface area contributed by atoms with Crippen LogP contribution >= 0.6 is 15.9 Å². The molecule has 0 amide bonds. The third kappa shape index (κ3) is 3.24. The maximum absolute atomic E-state index is 11.0. The first-order chi connectivity index (χ1) is 6.63. The zero-order valence-corrected chi connectivity index (χ0v) is 9.93. The number of methoxy groups -OCH3 is 1. The SMILES string of the molecule is COCc1ccc(Br)cc1CC(C)=O. The summed E-state index contributed by atoms with van der Waals surface area (Å²) in [5.74, 6) is 0.167. The largest absolute Gasteiger partial charge is 0.380 e. The van der Waals surface area contributed by atoms with Crippen molar-refractivity contribution in [1.29, 1.82) is 0 Å². The number of ketones is 1. The fraction of sp³-hybridized carbons (Fsp3) is 0.364. The van der Waals surface area contributed by atoms with Gasteiger partial charge in [-0.05, 0) is 30.2 Å². The van der Waals surface area contributed by atoms with Gasteiger partial charge in [0.2, 0.25) is 0 Å². The highest BCUT2D eigenvalue weighted by atomic mass is 79.9. The summed E-state index contributed by atoms with van der Waals surface area (Å²) in [6.07, 6.45) is 0.470. The third-order valence-corrected chi connectivity index (χ3v) is 2.40. The zero-order valence-electron chi connectivity index (χ0n) is 8.34. The second kappa shape index (κ2) is 5.27. The Morgan fingerprint density at radius 1 is 1.43 bits per heavy atom. The normalized spacial score (nSPS) is 10.2. The summed E-state index contributed by atoms with van der Waals surface area (Å²) >= 11 is 3.39. The van der Waals surface area contributed by atoms with Crippen molar-refractivity contribution in [2.75, 3.05) is 7.11 Å². The number of hydrogen-bond acceptors (Lipinski definition) is 2. The van der Waals surface area contributed by atoms with Crippen molar-refractivity contribution in [2.24, 2.45) is 0 Å². The van der Waals surface area contributed by atoms with Gasteiger partial charge in [-0.2, -0.15) is 0 Å². The highest BCUT2D eigenvalue weighted by Crippen LogP contribution is 2.18. The van der Waals surface area contributed by atoms with Gasteiger partial charge in [0.1, 0.15) is 5.78 Å². The summed E-state index contributed by atoms with van der Waals surface area (Å²) in [6.45, 7) is 2.15. The lowest BCUT2D eigenvalue weighted by Gasteiger charge is -2.07. The predicted octanol–water partition coefficient (Wildman–Crippen LogP) is 2.73. The Morgan fingerprint density at radius 2 is 2.14 bits per heavy atom. The average molecular weight is 257 g/mol. The maximum Gasteiger partial charge on any atom is 0.134 e. The zero-order chi connectivity index (χ0) is 10.6. The van der Waals surface area contributed by atoms with Crippen molar-refractivity contribution < 1.29 is 9.53 Å². The van der Waals surface area contributed by atoms with E-state index in [1.165, 1.54) is 0 Å². The van der Waals surface area contributed by atoms with Crippen molar-refractivity contribution in [1.82, 2.24) is 0 Å². The Hall–Kier alpha value is -0.670. The minimum Gasteiger partial charge on any atom is -0.380 e. The van der Waals surface area contributed by atoms with Crippen LogP contribution in [0, 0.1) is 0 Å². The molecule has 76 valence electrons. The second-order valence-electron chi connectivity index (χ2n) is 3.22. The van der Waals surface area contributed by atoms with Gasteiger partial charge < -0.3 is 4.74 Å². The van der Waals surface area contributed by atoms with Gasteiger partial charge in [-0.1, -0.05) is 22.0 Å². The molecule has 0 aliphatic rings. The Morgan fingerprint density at radius 3 is 2.71 bits per heavy atom. The lowest BCUT2D eigenvalue weighted by Crippen LogP contribution is -2.02. The van der Waals surface area contributed by atoms with E-state index in [2.05, 4.69) is 15.9 Å². The van der Waals surface area contributed by atoms with Crippen LogP contribution in [0.15, 0.2) is 22.7 Å². The van der Waals surface area contributed by atoms with Crippen molar-refractivity contribution in [2.45, 2.75) is 20.0 Å². The lowest BCUT2D eigenvalue weighted by molar-refractivity contribution is -0.116. The molecular formula is C11H13BrO2. The van der Waals surface area contributed by atoms with Crippen LogP contribution in [0.1, 0.15) is 18.1 Å². The predicted molar refractivity (Wildman–Crippen MR) is 59.2 cm³/mol. The van der Waals surface area contributed by atoms with Crippen molar-refractivity contribution in [3.05, 3.63) is 33.8 Å². The molecule has 0 aliphatic carbocycles. The Kier molecular flexibility index (Phi) is 4.29. The molecule has 0 unspecified atom stereocenters. The number of carbonyl (C=O) groups is 1. The minimum atomic E-state index is 0.167. The van der Waals surface area contributed by atoms with Gasteiger partial charge in [0.15, 0.2) is 0 Å². The molecule has 3 heteroatoms. The summed E-state index contributed by atoms with van der Waals surface area (Å²) in [4.78, 5) is 11.0. The van der Waals surface area contributed by atoms with Crippen LogP contribution in [0.4, 0.5) is 0 Å². The van der Waals surface area contributed by atoms with Crippen molar-refractivity contribution >= 4 is 21.7 Å². The number of carbonyl (C=O) groups excluding carboxylic acids is 1. The van der Waals surface area contributed by atoms with Crippen molar-refractivity contribution in [3.63, 3.8) is 0 Å². The van der Waals surface area contributed by atoms with Crippen LogP contribution in [-0.4, -0.2) is 12.9 Å². The lowest BCUT2D eigenvalue weighted by atomic mass is 10.0. The summed E-state index contributed by atoms with van der Waals surface area (Å²) in [5, 5.41) is 0. The fourth-order valence-electron chi connectivity index (χ4n) is 1.32. The molecule has 0 fully saturated rings. The number of benzene rings is 1. The van der Waals surface area contributed by atoms with Crippen LogP contribution < -0.4 is 0 Å². The van der Waals surface area contributed by atoms with Gasteiger partial charge >= 0.3 is 0 Å². The van der Waals surface area contributed by atoms with E-state index in [-0.39, 0.29) is 5.78 Å². The summed E-state index contributed by atoms with van der Waals surface area (Å²) < 4.78 is 6.06. The molecule has 0 N–H and O–H groups in total. The summed E-state index contributed by atoms with van der Waals surface area (Å²) in [5.41, 5.74) is 2.11. The highest BCUT2D eigenvalue weighted by molar-refractivity contribution is 9.10. The molecule has 1 aromatic rings. The standard InChI is InChI=1S/C11H13BrO2/c1-8(13)5-10-6-11(12)4-3-9(10)7-14-2/h3-4,6H,5,7H2,1-2H3. The molecule has 2 nitrogen and oxygen atoms in total. The van der Waals surface area contributed by atoms with E-state index < -0.39 is 0 Å². The first kappa shape index (κ1) is 11.4. The molecule has 1 rings (SSSR count). The summed E-state index contributed by atoms with van der Waals surface area (Å²) in [7, 11) is 1.65. The van der Waals surface area contributed by atoms with E-state index >= 15 is 0 Å². The van der Waals surface area contributed by atoms with Gasteiger partial charge in [0.05, 0.1) is 6.61 Å². The summed E-state index contributed by atoms with van der Waals surface area (Å²) in [6, 6.07) is 5.90. The van der Waals surface area contributed by atoms with E-state index in [0.717, 1.165) is 15.6 Å². The van der Waals surface area contributed by atoms with Crippen LogP contribution in [0.25, 0.3) is 0 Å². The molecule has 0 atom stereocenters. The van der Waals surface area contributed by atoms with E-state index in [9.17, 15) is 4.79 Å². The van der Waals surface area contributed by atoms with Crippen LogP contribution in [0.2, 0.25) is 0 Å². The molecule has 0 saturated carbocycles. The average Bonchev–Trinajstić information content (AvgIpc) is 2.09. The van der Waals surface area contributed by atoms with Crippen molar-refractivity contribution in [3.8, 4) is 0 Å². The van der Waals surface area contributed by atoms with Crippen LogP contribution in [0.3, 0.4) is 0 Å². The van der Waals surface area contributed by atoms with E-state index in [1.807, 2.05) is 18.2 Å². The van der Waals surface area contributed by atoms with E-state index in [1.54, 1.807) is 14.0 Å². The molecule has 0 saturated heterocycles. The third-order valence-electron chi connectivity index (χ3n) is 1.91. The first-order valence-electron chi connectivity index (χ1n) is 4.39. The Labute approximate surface area is 92.4 Å². The molecule has 14 heavy (non-hydrogen) atoms. The van der Waals surface area contributed by atoms with Crippen LogP contribution in [0.5, 0.6) is 0 Å². The number of Topliss-reactive ketones (excluding diaryl/α,β-unsaturated/α-hetero) is 1. The number of hydrogen-bond donors (Lipinski definition) is 0. The van der Waals surface area contributed by atoms with Gasteiger partial charge in [-0.15, -0.1) is 0 Å². The smallest absolute Gasteiger partial charge is 0.134 e. The molecule has 0 bridgehead atoms. The Balaban J connectivity index is 2.96. The quantitative estimate of drug-likeness (QED) is 0.829. The van der Waals surface area contributed by atoms with E-state index in [0.29, 0.717) is 13.0 Å². The highest BCUT2D eigenvalue weighted by Gasteiger charge is 2.05. The maximum atomic E-state index is 11.0.